The monoisotopic (exact) mass is 304 g/mol. The SMILES string of the molecule is Nc1cc(F)cc(Nc2ccc(Cl)cc2C(F)(F)F)c1. The Balaban J connectivity index is 2.43. The Morgan fingerprint density at radius 2 is 1.75 bits per heavy atom. The molecular formula is C13H9ClF4N2. The Morgan fingerprint density at radius 1 is 1.05 bits per heavy atom. The Kier molecular flexibility index (Phi) is 3.76. The molecule has 0 aliphatic heterocycles. The Hall–Kier alpha value is -1.95. The normalized spacial score (nSPS) is 11.4. The predicted octanol–water partition coefficient (Wildman–Crippen LogP) is 4.82. The molecule has 0 aliphatic rings. The third-order valence-electron chi connectivity index (χ3n) is 2.49. The van der Waals surface area contributed by atoms with Crippen LogP contribution in [0.1, 0.15) is 5.56 Å². The molecule has 0 bridgehead atoms. The molecule has 2 rings (SSSR count). The molecule has 20 heavy (non-hydrogen) atoms. The second-order valence-corrected chi connectivity index (χ2v) is 4.52. The minimum absolute atomic E-state index is 0.0402. The number of benzene rings is 2. The van der Waals surface area contributed by atoms with Crippen LogP contribution in [0.2, 0.25) is 5.02 Å². The Morgan fingerprint density at radius 3 is 2.35 bits per heavy atom. The molecule has 0 atom stereocenters. The molecule has 0 amide bonds. The van der Waals surface area contributed by atoms with Crippen molar-refractivity contribution in [1.29, 1.82) is 0 Å². The smallest absolute Gasteiger partial charge is 0.399 e. The predicted molar refractivity (Wildman–Crippen MR) is 70.5 cm³/mol. The van der Waals surface area contributed by atoms with E-state index in [2.05, 4.69) is 5.32 Å². The van der Waals surface area contributed by atoms with E-state index in [1.807, 2.05) is 0 Å². The summed E-state index contributed by atoms with van der Waals surface area (Å²) in [7, 11) is 0. The summed E-state index contributed by atoms with van der Waals surface area (Å²) in [5, 5.41) is 2.45. The van der Waals surface area contributed by atoms with Crippen molar-refractivity contribution < 1.29 is 17.6 Å². The molecule has 2 aromatic carbocycles. The van der Waals surface area contributed by atoms with Crippen LogP contribution in [0, 0.1) is 5.82 Å². The summed E-state index contributed by atoms with van der Waals surface area (Å²) in [5.74, 6) is -0.643. The topological polar surface area (TPSA) is 38.0 Å². The molecule has 0 unspecified atom stereocenters. The second kappa shape index (κ2) is 5.20. The minimum Gasteiger partial charge on any atom is -0.399 e. The number of hydrogen-bond acceptors (Lipinski definition) is 2. The molecule has 3 N–H and O–H groups in total. The first kappa shape index (κ1) is 14.5. The lowest BCUT2D eigenvalue weighted by Gasteiger charge is -2.15. The van der Waals surface area contributed by atoms with Crippen molar-refractivity contribution >= 4 is 28.7 Å². The van der Waals surface area contributed by atoms with Crippen LogP contribution in [-0.4, -0.2) is 0 Å². The molecule has 0 spiro atoms. The van der Waals surface area contributed by atoms with Gasteiger partial charge >= 0.3 is 6.18 Å². The lowest BCUT2D eigenvalue weighted by Crippen LogP contribution is -2.09. The highest BCUT2D eigenvalue weighted by Gasteiger charge is 2.33. The van der Waals surface area contributed by atoms with Crippen LogP contribution in [0.3, 0.4) is 0 Å². The van der Waals surface area contributed by atoms with E-state index in [4.69, 9.17) is 17.3 Å². The molecule has 0 heterocycles. The van der Waals surface area contributed by atoms with Crippen LogP contribution < -0.4 is 11.1 Å². The zero-order valence-corrected chi connectivity index (χ0v) is 10.7. The van der Waals surface area contributed by atoms with Crippen LogP contribution in [0.5, 0.6) is 0 Å². The fourth-order valence-electron chi connectivity index (χ4n) is 1.70. The largest absolute Gasteiger partial charge is 0.418 e. The van der Waals surface area contributed by atoms with E-state index in [0.29, 0.717) is 0 Å². The van der Waals surface area contributed by atoms with Crippen molar-refractivity contribution in [2.45, 2.75) is 6.18 Å². The number of halogens is 5. The molecule has 0 aromatic heterocycles. The molecule has 2 aromatic rings. The molecular weight excluding hydrogens is 296 g/mol. The number of anilines is 3. The quantitative estimate of drug-likeness (QED) is 0.616. The molecule has 0 saturated heterocycles. The van der Waals surface area contributed by atoms with Gasteiger partial charge in [0.2, 0.25) is 0 Å². The fourth-order valence-corrected chi connectivity index (χ4v) is 1.87. The first-order valence-corrected chi connectivity index (χ1v) is 5.83. The zero-order valence-electron chi connectivity index (χ0n) is 9.93. The van der Waals surface area contributed by atoms with Gasteiger partial charge < -0.3 is 11.1 Å². The van der Waals surface area contributed by atoms with Crippen molar-refractivity contribution in [2.24, 2.45) is 0 Å². The first-order valence-electron chi connectivity index (χ1n) is 5.45. The van der Waals surface area contributed by atoms with Gasteiger partial charge in [-0.2, -0.15) is 13.2 Å². The van der Waals surface area contributed by atoms with E-state index in [9.17, 15) is 17.6 Å². The molecule has 0 fully saturated rings. The van der Waals surface area contributed by atoms with Gasteiger partial charge in [-0.1, -0.05) is 11.6 Å². The summed E-state index contributed by atoms with van der Waals surface area (Å²) in [6, 6.07) is 6.72. The maximum absolute atomic E-state index is 13.2. The highest BCUT2D eigenvalue weighted by molar-refractivity contribution is 6.30. The zero-order chi connectivity index (χ0) is 14.9. The van der Waals surface area contributed by atoms with Gasteiger partial charge in [-0.15, -0.1) is 0 Å². The summed E-state index contributed by atoms with van der Waals surface area (Å²) in [6.45, 7) is 0. The van der Waals surface area contributed by atoms with E-state index in [-0.39, 0.29) is 22.1 Å². The van der Waals surface area contributed by atoms with Gasteiger partial charge in [0.05, 0.1) is 11.3 Å². The van der Waals surface area contributed by atoms with Gasteiger partial charge in [0.15, 0.2) is 0 Å². The van der Waals surface area contributed by atoms with Gasteiger partial charge in [-0.25, -0.2) is 4.39 Å². The molecule has 0 radical (unpaired) electrons. The number of hydrogen-bond donors (Lipinski definition) is 2. The fraction of sp³-hybridized carbons (Fsp3) is 0.0769. The Bertz CT molecular complexity index is 621. The highest BCUT2D eigenvalue weighted by atomic mass is 35.5. The molecule has 0 aliphatic carbocycles. The van der Waals surface area contributed by atoms with Crippen LogP contribution in [0.25, 0.3) is 0 Å². The maximum Gasteiger partial charge on any atom is 0.418 e. The van der Waals surface area contributed by atoms with Gasteiger partial charge in [0.1, 0.15) is 5.82 Å². The first-order chi connectivity index (χ1) is 9.25. The Labute approximate surface area is 117 Å². The van der Waals surface area contributed by atoms with Crippen LogP contribution in [-0.2, 0) is 6.18 Å². The summed E-state index contributed by atoms with van der Waals surface area (Å²) in [5.41, 5.74) is 4.50. The van der Waals surface area contributed by atoms with E-state index in [1.165, 1.54) is 18.2 Å². The second-order valence-electron chi connectivity index (χ2n) is 4.09. The highest BCUT2D eigenvalue weighted by Crippen LogP contribution is 2.37. The van der Waals surface area contributed by atoms with Crippen molar-refractivity contribution in [3.05, 3.63) is 52.8 Å². The van der Waals surface area contributed by atoms with E-state index < -0.39 is 17.6 Å². The lowest BCUT2D eigenvalue weighted by atomic mass is 10.1. The van der Waals surface area contributed by atoms with Gasteiger partial charge in [0, 0.05) is 16.4 Å². The van der Waals surface area contributed by atoms with Crippen LogP contribution in [0.15, 0.2) is 36.4 Å². The van der Waals surface area contributed by atoms with E-state index in [0.717, 1.165) is 18.2 Å². The minimum atomic E-state index is -4.58. The van der Waals surface area contributed by atoms with Gasteiger partial charge in [0.25, 0.3) is 0 Å². The summed E-state index contributed by atoms with van der Waals surface area (Å²) >= 11 is 5.57. The van der Waals surface area contributed by atoms with E-state index in [1.54, 1.807) is 0 Å². The standard InChI is InChI=1S/C13H9ClF4N2/c14-7-1-2-12(11(3-7)13(16,17)18)20-10-5-8(15)4-9(19)6-10/h1-6,20H,19H2. The summed E-state index contributed by atoms with van der Waals surface area (Å²) in [4.78, 5) is 0. The van der Waals surface area contributed by atoms with Crippen molar-refractivity contribution in [3.63, 3.8) is 0 Å². The van der Waals surface area contributed by atoms with Gasteiger partial charge in [-0.3, -0.25) is 0 Å². The lowest BCUT2D eigenvalue weighted by molar-refractivity contribution is -0.136. The van der Waals surface area contributed by atoms with Crippen molar-refractivity contribution in [3.8, 4) is 0 Å². The number of nitrogen functional groups attached to an aromatic ring is 1. The third-order valence-corrected chi connectivity index (χ3v) is 2.72. The van der Waals surface area contributed by atoms with Gasteiger partial charge in [-0.05, 0) is 36.4 Å². The molecule has 7 heteroatoms. The van der Waals surface area contributed by atoms with Crippen molar-refractivity contribution in [1.82, 2.24) is 0 Å². The maximum atomic E-state index is 13.2. The number of rotatable bonds is 2. The summed E-state index contributed by atoms with van der Waals surface area (Å²) in [6.07, 6.45) is -4.58. The summed E-state index contributed by atoms with van der Waals surface area (Å²) < 4.78 is 51.8. The molecule has 2 nitrogen and oxygen atoms in total. The average Bonchev–Trinajstić information content (AvgIpc) is 2.28. The average molecular weight is 305 g/mol. The molecule has 0 saturated carbocycles. The van der Waals surface area contributed by atoms with Crippen LogP contribution >= 0.6 is 11.6 Å². The van der Waals surface area contributed by atoms with Crippen molar-refractivity contribution in [2.75, 3.05) is 11.1 Å². The van der Waals surface area contributed by atoms with Crippen LogP contribution in [0.4, 0.5) is 34.6 Å². The number of nitrogens with one attached hydrogen (secondary N) is 1. The van der Waals surface area contributed by atoms with E-state index >= 15 is 0 Å². The number of alkyl halides is 3. The molecule has 106 valence electrons. The number of nitrogens with two attached hydrogens (primary N) is 1. The third kappa shape index (κ3) is 3.33.